The predicted octanol–water partition coefficient (Wildman–Crippen LogP) is 2.73. The summed E-state index contributed by atoms with van der Waals surface area (Å²) in [5.41, 5.74) is 9.16. The third-order valence-corrected chi connectivity index (χ3v) is 4.87. The molecule has 2 aliphatic rings. The highest BCUT2D eigenvalue weighted by Gasteiger charge is 2.27. The average Bonchev–Trinajstić information content (AvgIpc) is 2.38. The SMILES string of the molecule is NC1CCCN(C2CCc3cc(Br)ccc3C2)C1. The van der Waals surface area contributed by atoms with Gasteiger partial charge in [-0.25, -0.2) is 0 Å². The van der Waals surface area contributed by atoms with E-state index in [-0.39, 0.29) is 0 Å². The number of hydrogen-bond acceptors (Lipinski definition) is 2. The summed E-state index contributed by atoms with van der Waals surface area (Å²) in [5, 5.41) is 0. The van der Waals surface area contributed by atoms with Gasteiger partial charge in [-0.3, -0.25) is 4.90 Å². The van der Waals surface area contributed by atoms with Crippen LogP contribution in [-0.4, -0.2) is 30.1 Å². The van der Waals surface area contributed by atoms with E-state index in [1.165, 1.54) is 54.2 Å². The summed E-state index contributed by atoms with van der Waals surface area (Å²) in [5.74, 6) is 0. The fraction of sp³-hybridized carbons (Fsp3) is 0.600. The third-order valence-electron chi connectivity index (χ3n) is 4.38. The van der Waals surface area contributed by atoms with Gasteiger partial charge in [-0.2, -0.15) is 0 Å². The number of halogens is 1. The Hall–Kier alpha value is -0.380. The molecule has 1 aromatic carbocycles. The molecule has 3 heteroatoms. The van der Waals surface area contributed by atoms with Crippen molar-refractivity contribution in [1.29, 1.82) is 0 Å². The van der Waals surface area contributed by atoms with Gasteiger partial charge in [0.05, 0.1) is 0 Å². The summed E-state index contributed by atoms with van der Waals surface area (Å²) >= 11 is 3.56. The highest BCUT2D eigenvalue weighted by atomic mass is 79.9. The molecule has 1 aromatic rings. The maximum Gasteiger partial charge on any atom is 0.0178 e. The molecule has 2 atom stereocenters. The number of hydrogen-bond donors (Lipinski definition) is 1. The van der Waals surface area contributed by atoms with E-state index in [1.54, 1.807) is 0 Å². The predicted molar refractivity (Wildman–Crippen MR) is 78.7 cm³/mol. The van der Waals surface area contributed by atoms with E-state index in [0.29, 0.717) is 12.1 Å². The van der Waals surface area contributed by atoms with Crippen LogP contribution < -0.4 is 5.73 Å². The van der Waals surface area contributed by atoms with Crippen LogP contribution in [0, 0.1) is 0 Å². The lowest BCUT2D eigenvalue weighted by Crippen LogP contribution is -2.49. The molecule has 0 radical (unpaired) electrons. The number of nitrogens with two attached hydrogens (primary N) is 1. The van der Waals surface area contributed by atoms with Crippen LogP contribution in [0.1, 0.15) is 30.4 Å². The lowest BCUT2D eigenvalue weighted by Gasteiger charge is -2.39. The second-order valence-corrected chi connectivity index (χ2v) is 6.62. The molecule has 1 heterocycles. The molecule has 2 unspecified atom stereocenters. The summed E-state index contributed by atoms with van der Waals surface area (Å²) in [6.07, 6.45) is 6.17. The lowest BCUT2D eigenvalue weighted by atomic mass is 9.86. The minimum Gasteiger partial charge on any atom is -0.327 e. The van der Waals surface area contributed by atoms with Crippen LogP contribution in [0.15, 0.2) is 22.7 Å². The van der Waals surface area contributed by atoms with Crippen molar-refractivity contribution < 1.29 is 0 Å². The molecular formula is C15H21BrN2. The van der Waals surface area contributed by atoms with Crippen molar-refractivity contribution in [2.75, 3.05) is 13.1 Å². The summed E-state index contributed by atoms with van der Waals surface area (Å²) in [6.45, 7) is 2.33. The first-order valence-electron chi connectivity index (χ1n) is 6.99. The van der Waals surface area contributed by atoms with Crippen molar-refractivity contribution >= 4 is 15.9 Å². The lowest BCUT2D eigenvalue weighted by molar-refractivity contribution is 0.137. The van der Waals surface area contributed by atoms with Crippen LogP contribution in [0.25, 0.3) is 0 Å². The number of benzene rings is 1. The molecule has 2 N–H and O–H groups in total. The van der Waals surface area contributed by atoms with Gasteiger partial charge in [-0.1, -0.05) is 22.0 Å². The van der Waals surface area contributed by atoms with Crippen molar-refractivity contribution in [3.8, 4) is 0 Å². The Labute approximate surface area is 118 Å². The van der Waals surface area contributed by atoms with Gasteiger partial charge in [-0.05, 0) is 61.9 Å². The number of fused-ring (bicyclic) bond motifs is 1. The Morgan fingerprint density at radius 3 is 2.94 bits per heavy atom. The molecule has 0 bridgehead atoms. The van der Waals surface area contributed by atoms with E-state index in [0.717, 1.165) is 6.54 Å². The van der Waals surface area contributed by atoms with E-state index in [1.807, 2.05) is 0 Å². The highest BCUT2D eigenvalue weighted by Crippen LogP contribution is 2.28. The van der Waals surface area contributed by atoms with Crippen LogP contribution in [-0.2, 0) is 12.8 Å². The van der Waals surface area contributed by atoms with Crippen molar-refractivity contribution in [3.05, 3.63) is 33.8 Å². The first-order valence-corrected chi connectivity index (χ1v) is 7.78. The number of nitrogens with zero attached hydrogens (tertiary/aromatic N) is 1. The number of rotatable bonds is 1. The maximum atomic E-state index is 6.10. The van der Waals surface area contributed by atoms with E-state index in [4.69, 9.17) is 5.73 Å². The molecule has 2 nitrogen and oxygen atoms in total. The highest BCUT2D eigenvalue weighted by molar-refractivity contribution is 9.10. The fourth-order valence-electron chi connectivity index (χ4n) is 3.39. The van der Waals surface area contributed by atoms with Crippen LogP contribution in [0.5, 0.6) is 0 Å². The van der Waals surface area contributed by atoms with Gasteiger partial charge in [0.2, 0.25) is 0 Å². The second kappa shape index (κ2) is 5.32. The zero-order valence-corrected chi connectivity index (χ0v) is 12.3. The minimum atomic E-state index is 0.394. The number of piperidine rings is 1. The molecule has 18 heavy (non-hydrogen) atoms. The molecule has 0 saturated carbocycles. The normalized spacial score (nSPS) is 29.0. The molecular weight excluding hydrogens is 288 g/mol. The van der Waals surface area contributed by atoms with E-state index in [2.05, 4.69) is 39.0 Å². The molecule has 98 valence electrons. The van der Waals surface area contributed by atoms with E-state index in [9.17, 15) is 0 Å². The summed E-state index contributed by atoms with van der Waals surface area (Å²) in [6, 6.07) is 7.85. The Morgan fingerprint density at radius 2 is 2.11 bits per heavy atom. The van der Waals surface area contributed by atoms with Crippen LogP contribution in [0.2, 0.25) is 0 Å². The number of aryl methyl sites for hydroxylation is 1. The Bertz CT molecular complexity index is 433. The molecule has 0 aromatic heterocycles. The molecule has 0 amide bonds. The largest absolute Gasteiger partial charge is 0.327 e. The molecule has 1 fully saturated rings. The van der Waals surface area contributed by atoms with Crippen molar-refractivity contribution in [3.63, 3.8) is 0 Å². The summed E-state index contributed by atoms with van der Waals surface area (Å²) < 4.78 is 1.21. The molecule has 1 aliphatic carbocycles. The fourth-order valence-corrected chi connectivity index (χ4v) is 3.80. The van der Waals surface area contributed by atoms with Gasteiger partial charge in [0, 0.05) is 23.1 Å². The Kier molecular flexibility index (Phi) is 3.73. The average molecular weight is 309 g/mol. The van der Waals surface area contributed by atoms with Crippen molar-refractivity contribution in [2.45, 2.75) is 44.2 Å². The standard InChI is InChI=1S/C15H21BrN2/c16-13-5-3-12-9-15(6-4-11(12)8-13)18-7-1-2-14(17)10-18/h3,5,8,14-15H,1-2,4,6-7,9-10,17H2. The molecule has 1 aliphatic heterocycles. The topological polar surface area (TPSA) is 29.3 Å². The van der Waals surface area contributed by atoms with Crippen molar-refractivity contribution in [2.24, 2.45) is 5.73 Å². The molecule has 0 spiro atoms. The van der Waals surface area contributed by atoms with Gasteiger partial charge in [0.15, 0.2) is 0 Å². The first-order chi connectivity index (χ1) is 8.72. The molecule has 3 rings (SSSR count). The van der Waals surface area contributed by atoms with Crippen molar-refractivity contribution in [1.82, 2.24) is 4.90 Å². The van der Waals surface area contributed by atoms with Gasteiger partial charge >= 0.3 is 0 Å². The number of likely N-dealkylation sites (tertiary alicyclic amines) is 1. The zero-order valence-electron chi connectivity index (χ0n) is 10.7. The van der Waals surface area contributed by atoms with Gasteiger partial charge in [0.1, 0.15) is 0 Å². The van der Waals surface area contributed by atoms with E-state index < -0.39 is 0 Å². The monoisotopic (exact) mass is 308 g/mol. The van der Waals surface area contributed by atoms with Gasteiger partial charge in [-0.15, -0.1) is 0 Å². The minimum absolute atomic E-state index is 0.394. The maximum absolute atomic E-state index is 6.10. The van der Waals surface area contributed by atoms with Crippen LogP contribution in [0.3, 0.4) is 0 Å². The third kappa shape index (κ3) is 2.63. The Balaban J connectivity index is 1.72. The summed E-state index contributed by atoms with van der Waals surface area (Å²) in [4.78, 5) is 2.62. The van der Waals surface area contributed by atoms with E-state index >= 15 is 0 Å². The molecule has 1 saturated heterocycles. The van der Waals surface area contributed by atoms with Crippen LogP contribution >= 0.6 is 15.9 Å². The second-order valence-electron chi connectivity index (χ2n) is 5.71. The first kappa shape index (κ1) is 12.6. The van der Waals surface area contributed by atoms with Gasteiger partial charge < -0.3 is 5.73 Å². The van der Waals surface area contributed by atoms with Crippen LogP contribution in [0.4, 0.5) is 0 Å². The Morgan fingerprint density at radius 1 is 1.22 bits per heavy atom. The quantitative estimate of drug-likeness (QED) is 0.864. The smallest absolute Gasteiger partial charge is 0.0178 e. The zero-order chi connectivity index (χ0) is 12.5. The van der Waals surface area contributed by atoms with Gasteiger partial charge in [0.25, 0.3) is 0 Å². The summed E-state index contributed by atoms with van der Waals surface area (Å²) in [7, 11) is 0.